The van der Waals surface area contributed by atoms with Gasteiger partial charge in [-0.3, -0.25) is 0 Å². The predicted molar refractivity (Wildman–Crippen MR) is 79.6 cm³/mol. The van der Waals surface area contributed by atoms with Crippen LogP contribution in [-0.4, -0.2) is 31.8 Å². The number of imidazole rings is 1. The molecule has 0 saturated heterocycles. The number of fused-ring (bicyclic) bond motifs is 1. The fraction of sp³-hybridized carbons (Fsp3) is 0.600. The molecular formula is C15H22N4O. The first-order valence-electron chi connectivity index (χ1n) is 7.29. The highest BCUT2D eigenvalue weighted by molar-refractivity contribution is 5.86. The monoisotopic (exact) mass is 274 g/mol. The lowest BCUT2D eigenvalue weighted by Crippen LogP contribution is -2.45. The van der Waals surface area contributed by atoms with Crippen molar-refractivity contribution in [3.63, 3.8) is 0 Å². The fourth-order valence-corrected chi connectivity index (χ4v) is 3.04. The maximum Gasteiger partial charge on any atom is 0.154 e. The van der Waals surface area contributed by atoms with Crippen molar-refractivity contribution in [1.82, 2.24) is 14.5 Å². The maximum atomic E-state index is 9.85. The molecule has 1 aliphatic carbocycles. The SMILES string of the molecule is CC1CCC(CO)(Nc2nccc3c2ncn3C)CC1. The molecule has 1 fully saturated rings. The standard InChI is InChI=1S/C15H22N4O/c1-11-3-6-15(9-20,7-4-11)18-14-13-12(5-8-16-14)19(2)10-17-13/h5,8,10-11,20H,3-4,6-7,9H2,1-2H3,(H,16,18). The summed E-state index contributed by atoms with van der Waals surface area (Å²) >= 11 is 0. The van der Waals surface area contributed by atoms with E-state index in [4.69, 9.17) is 0 Å². The normalized spacial score (nSPS) is 26.9. The molecule has 0 unspecified atom stereocenters. The van der Waals surface area contributed by atoms with Crippen LogP contribution >= 0.6 is 0 Å². The number of anilines is 1. The van der Waals surface area contributed by atoms with Gasteiger partial charge in [0.2, 0.25) is 0 Å². The Kier molecular flexibility index (Phi) is 3.38. The first-order valence-corrected chi connectivity index (χ1v) is 7.29. The second kappa shape index (κ2) is 5.05. The van der Waals surface area contributed by atoms with Crippen LogP contribution in [0.15, 0.2) is 18.6 Å². The van der Waals surface area contributed by atoms with Gasteiger partial charge in [0.15, 0.2) is 5.82 Å². The van der Waals surface area contributed by atoms with Crippen molar-refractivity contribution in [3.8, 4) is 0 Å². The zero-order chi connectivity index (χ0) is 14.2. The summed E-state index contributed by atoms with van der Waals surface area (Å²) < 4.78 is 1.98. The molecule has 5 nitrogen and oxygen atoms in total. The van der Waals surface area contributed by atoms with E-state index < -0.39 is 0 Å². The Morgan fingerprint density at radius 2 is 2.15 bits per heavy atom. The Morgan fingerprint density at radius 1 is 1.40 bits per heavy atom. The number of rotatable bonds is 3. The van der Waals surface area contributed by atoms with Crippen LogP contribution in [0.2, 0.25) is 0 Å². The number of aliphatic hydroxyl groups is 1. The van der Waals surface area contributed by atoms with Gasteiger partial charge in [0.1, 0.15) is 5.52 Å². The van der Waals surface area contributed by atoms with E-state index in [9.17, 15) is 5.11 Å². The number of aryl methyl sites for hydroxylation is 1. The molecule has 20 heavy (non-hydrogen) atoms. The van der Waals surface area contributed by atoms with Crippen LogP contribution in [0.5, 0.6) is 0 Å². The average molecular weight is 274 g/mol. The van der Waals surface area contributed by atoms with E-state index in [1.54, 1.807) is 12.5 Å². The van der Waals surface area contributed by atoms with Crippen molar-refractivity contribution in [2.24, 2.45) is 13.0 Å². The number of pyridine rings is 1. The van der Waals surface area contributed by atoms with Crippen LogP contribution in [0, 0.1) is 5.92 Å². The number of hydrogen-bond acceptors (Lipinski definition) is 4. The zero-order valence-electron chi connectivity index (χ0n) is 12.1. The summed E-state index contributed by atoms with van der Waals surface area (Å²) in [7, 11) is 1.98. The highest BCUT2D eigenvalue weighted by Crippen LogP contribution is 2.35. The molecule has 3 rings (SSSR count). The van der Waals surface area contributed by atoms with Crippen molar-refractivity contribution in [1.29, 1.82) is 0 Å². The Hall–Kier alpha value is -1.62. The third kappa shape index (κ3) is 2.26. The molecule has 0 aliphatic heterocycles. The topological polar surface area (TPSA) is 63.0 Å². The van der Waals surface area contributed by atoms with Gasteiger partial charge in [0.05, 0.1) is 24.0 Å². The van der Waals surface area contributed by atoms with E-state index in [1.807, 2.05) is 17.7 Å². The molecule has 0 bridgehead atoms. The number of hydrogen-bond donors (Lipinski definition) is 2. The van der Waals surface area contributed by atoms with Crippen LogP contribution in [0.1, 0.15) is 32.6 Å². The molecule has 2 aromatic rings. The minimum absolute atomic E-state index is 0.143. The molecule has 1 saturated carbocycles. The predicted octanol–water partition coefficient (Wildman–Crippen LogP) is 2.32. The summed E-state index contributed by atoms with van der Waals surface area (Å²) in [4.78, 5) is 8.85. The van der Waals surface area contributed by atoms with Crippen LogP contribution in [-0.2, 0) is 7.05 Å². The maximum absolute atomic E-state index is 9.85. The Balaban J connectivity index is 1.91. The smallest absolute Gasteiger partial charge is 0.154 e. The van der Waals surface area contributed by atoms with Crippen molar-refractivity contribution >= 4 is 16.9 Å². The van der Waals surface area contributed by atoms with Crippen LogP contribution in [0.25, 0.3) is 11.0 Å². The largest absolute Gasteiger partial charge is 0.394 e. The molecule has 2 heterocycles. The minimum atomic E-state index is -0.245. The highest BCUT2D eigenvalue weighted by atomic mass is 16.3. The summed E-state index contributed by atoms with van der Waals surface area (Å²) in [5, 5.41) is 13.3. The molecule has 1 aliphatic rings. The molecule has 0 amide bonds. The second-order valence-electron chi connectivity index (χ2n) is 6.13. The van der Waals surface area contributed by atoms with E-state index in [2.05, 4.69) is 22.2 Å². The summed E-state index contributed by atoms with van der Waals surface area (Å²) in [5.41, 5.74) is 1.69. The molecule has 0 spiro atoms. The first-order chi connectivity index (χ1) is 9.63. The first kappa shape index (κ1) is 13.4. The van der Waals surface area contributed by atoms with Gasteiger partial charge in [-0.1, -0.05) is 6.92 Å². The van der Waals surface area contributed by atoms with E-state index in [-0.39, 0.29) is 12.1 Å². The van der Waals surface area contributed by atoms with E-state index in [1.165, 1.54) is 0 Å². The second-order valence-corrected chi connectivity index (χ2v) is 6.13. The molecule has 0 aromatic carbocycles. The molecule has 108 valence electrons. The lowest BCUT2D eigenvalue weighted by Gasteiger charge is -2.39. The van der Waals surface area contributed by atoms with Gasteiger partial charge < -0.3 is 15.0 Å². The summed E-state index contributed by atoms with van der Waals surface area (Å²) in [6.07, 6.45) is 7.84. The number of aromatic nitrogens is 3. The van der Waals surface area contributed by atoms with Gasteiger partial charge in [-0.15, -0.1) is 0 Å². The van der Waals surface area contributed by atoms with Crippen molar-refractivity contribution < 1.29 is 5.11 Å². The van der Waals surface area contributed by atoms with Crippen LogP contribution in [0.4, 0.5) is 5.82 Å². The molecular weight excluding hydrogens is 252 g/mol. The number of nitrogens with one attached hydrogen (secondary N) is 1. The third-order valence-corrected chi connectivity index (χ3v) is 4.56. The third-order valence-electron chi connectivity index (χ3n) is 4.56. The summed E-state index contributed by atoms with van der Waals surface area (Å²) in [6, 6.07) is 1.96. The van der Waals surface area contributed by atoms with Gasteiger partial charge in [-0.05, 0) is 37.7 Å². The Bertz CT molecular complexity index is 599. The highest BCUT2D eigenvalue weighted by Gasteiger charge is 2.34. The molecule has 2 aromatic heterocycles. The minimum Gasteiger partial charge on any atom is -0.394 e. The van der Waals surface area contributed by atoms with E-state index in [0.717, 1.165) is 48.5 Å². The van der Waals surface area contributed by atoms with Crippen molar-refractivity contribution in [2.45, 2.75) is 38.1 Å². The summed E-state index contributed by atoms with van der Waals surface area (Å²) in [5.74, 6) is 1.53. The van der Waals surface area contributed by atoms with Crippen LogP contribution < -0.4 is 5.32 Å². The van der Waals surface area contributed by atoms with Gasteiger partial charge >= 0.3 is 0 Å². The summed E-state index contributed by atoms with van der Waals surface area (Å²) in [6.45, 7) is 2.42. The van der Waals surface area contributed by atoms with E-state index in [0.29, 0.717) is 0 Å². The number of nitrogens with zero attached hydrogens (tertiary/aromatic N) is 3. The van der Waals surface area contributed by atoms with Gasteiger partial charge in [-0.2, -0.15) is 0 Å². The average Bonchev–Trinajstić information content (AvgIpc) is 2.85. The van der Waals surface area contributed by atoms with Crippen molar-refractivity contribution in [2.75, 3.05) is 11.9 Å². The lowest BCUT2D eigenvalue weighted by atomic mass is 9.77. The Labute approximate surface area is 119 Å². The van der Waals surface area contributed by atoms with Crippen LogP contribution in [0.3, 0.4) is 0 Å². The molecule has 0 atom stereocenters. The fourth-order valence-electron chi connectivity index (χ4n) is 3.04. The van der Waals surface area contributed by atoms with E-state index >= 15 is 0 Å². The van der Waals surface area contributed by atoms with Crippen molar-refractivity contribution in [3.05, 3.63) is 18.6 Å². The van der Waals surface area contributed by atoms with Gasteiger partial charge in [0.25, 0.3) is 0 Å². The quantitative estimate of drug-likeness (QED) is 0.901. The molecule has 0 radical (unpaired) electrons. The zero-order valence-corrected chi connectivity index (χ0v) is 12.1. The Morgan fingerprint density at radius 3 is 2.85 bits per heavy atom. The number of aliphatic hydroxyl groups excluding tert-OH is 1. The lowest BCUT2D eigenvalue weighted by molar-refractivity contribution is 0.155. The molecule has 5 heteroatoms. The van der Waals surface area contributed by atoms with Gasteiger partial charge in [-0.25, -0.2) is 9.97 Å². The van der Waals surface area contributed by atoms with Gasteiger partial charge in [0, 0.05) is 13.2 Å². The molecule has 2 N–H and O–H groups in total.